The van der Waals surface area contributed by atoms with Gasteiger partial charge >= 0.3 is 0 Å². The number of para-hydroxylation sites is 1. The summed E-state index contributed by atoms with van der Waals surface area (Å²) in [5.74, 6) is 0.752. The van der Waals surface area contributed by atoms with Crippen LogP contribution in [0.25, 0.3) is 0 Å². The Bertz CT molecular complexity index is 1040. The number of aliphatic imine (C=N–C) groups is 1. The Labute approximate surface area is 215 Å². The number of amides is 1. The fourth-order valence-electron chi connectivity index (χ4n) is 5.31. The molecule has 1 fully saturated rings. The zero-order valence-corrected chi connectivity index (χ0v) is 21.6. The first-order valence-electron chi connectivity index (χ1n) is 13.0. The molecule has 0 aliphatic heterocycles. The van der Waals surface area contributed by atoms with Crippen molar-refractivity contribution >= 4 is 11.9 Å². The molecule has 0 saturated heterocycles. The van der Waals surface area contributed by atoms with E-state index in [0.29, 0.717) is 23.8 Å². The van der Waals surface area contributed by atoms with Crippen molar-refractivity contribution in [2.75, 3.05) is 20.2 Å². The van der Waals surface area contributed by atoms with Crippen molar-refractivity contribution in [3.8, 4) is 11.9 Å². The van der Waals surface area contributed by atoms with Gasteiger partial charge in [-0.1, -0.05) is 68.7 Å². The molecule has 3 rings (SSSR count). The third kappa shape index (κ3) is 6.78. The molecule has 0 spiro atoms. The molecular weight excluding hydrogens is 450 g/mol. The number of ether oxygens (including phenoxy) is 1. The Balaban J connectivity index is 1.75. The number of nitriles is 1. The summed E-state index contributed by atoms with van der Waals surface area (Å²) in [5, 5.41) is 12.3. The van der Waals surface area contributed by atoms with E-state index in [-0.39, 0.29) is 17.4 Å². The highest BCUT2D eigenvalue weighted by atomic mass is 16.5. The summed E-state index contributed by atoms with van der Waals surface area (Å²) < 4.78 is 5.39. The second-order valence-corrected chi connectivity index (χ2v) is 9.58. The van der Waals surface area contributed by atoms with E-state index in [1.165, 1.54) is 18.4 Å². The highest BCUT2D eigenvalue weighted by Crippen LogP contribution is 2.40. The minimum atomic E-state index is -0.176. The van der Waals surface area contributed by atoms with Crippen molar-refractivity contribution in [2.24, 2.45) is 10.7 Å². The van der Waals surface area contributed by atoms with Gasteiger partial charge in [0.2, 0.25) is 12.2 Å². The highest BCUT2D eigenvalue weighted by Gasteiger charge is 2.39. The van der Waals surface area contributed by atoms with Crippen LogP contribution >= 0.6 is 0 Å². The van der Waals surface area contributed by atoms with Gasteiger partial charge in [0.25, 0.3) is 5.91 Å². The second kappa shape index (κ2) is 13.5. The number of nitrogens with one attached hydrogen (secondary N) is 1. The van der Waals surface area contributed by atoms with E-state index in [1.807, 2.05) is 24.4 Å². The first kappa shape index (κ1) is 27.1. The predicted molar refractivity (Wildman–Crippen MR) is 144 cm³/mol. The lowest BCUT2D eigenvalue weighted by Gasteiger charge is -2.44. The van der Waals surface area contributed by atoms with Crippen LogP contribution in [-0.4, -0.2) is 43.0 Å². The van der Waals surface area contributed by atoms with Gasteiger partial charge in [-0.2, -0.15) is 5.26 Å². The Morgan fingerprint density at radius 2 is 1.83 bits per heavy atom. The lowest BCUT2D eigenvalue weighted by Crippen LogP contribution is -2.51. The number of carbonyl (C=O) groups is 1. The quantitative estimate of drug-likeness (QED) is 0.200. The fraction of sp³-hybridized carbons (Fsp3) is 0.483. The molecule has 0 unspecified atom stereocenters. The molecule has 2 aromatic rings. The molecule has 1 aliphatic carbocycles. The number of hydrogen-bond acceptors (Lipinski definition) is 4. The number of carbonyl (C=O) groups excluding carboxylic acids is 1. The van der Waals surface area contributed by atoms with Crippen LogP contribution in [-0.2, 0) is 5.41 Å². The molecule has 1 aliphatic rings. The van der Waals surface area contributed by atoms with Crippen LogP contribution in [0.1, 0.15) is 74.2 Å². The topological polar surface area (TPSA) is 104 Å². The molecule has 0 atom stereocenters. The molecule has 1 amide bonds. The van der Waals surface area contributed by atoms with Crippen molar-refractivity contribution in [3.63, 3.8) is 0 Å². The van der Waals surface area contributed by atoms with Gasteiger partial charge in [-0.25, -0.2) is 0 Å². The molecule has 192 valence electrons. The van der Waals surface area contributed by atoms with Crippen molar-refractivity contribution in [2.45, 2.75) is 69.7 Å². The largest absolute Gasteiger partial charge is 0.496 e. The van der Waals surface area contributed by atoms with Gasteiger partial charge in [0, 0.05) is 24.5 Å². The average molecular weight is 490 g/mol. The zero-order chi connectivity index (χ0) is 25.8. The number of nitrogens with two attached hydrogens (primary N) is 1. The van der Waals surface area contributed by atoms with Gasteiger partial charge in [0.15, 0.2) is 0 Å². The monoisotopic (exact) mass is 489 g/mol. The molecule has 3 N–H and O–H groups in total. The zero-order valence-electron chi connectivity index (χ0n) is 21.6. The summed E-state index contributed by atoms with van der Waals surface area (Å²) >= 11 is 0. The number of guanidine groups is 1. The van der Waals surface area contributed by atoms with Gasteiger partial charge in [-0.3, -0.25) is 4.79 Å². The molecular formula is C29H39N5O2. The van der Waals surface area contributed by atoms with E-state index in [1.54, 1.807) is 19.2 Å². The molecule has 36 heavy (non-hydrogen) atoms. The first-order chi connectivity index (χ1) is 17.5. The van der Waals surface area contributed by atoms with Crippen molar-refractivity contribution in [1.29, 1.82) is 5.26 Å². The minimum Gasteiger partial charge on any atom is -0.496 e. The fourth-order valence-corrected chi connectivity index (χ4v) is 5.31. The number of unbranched alkanes of at least 4 members (excludes halogenated alkanes) is 3. The summed E-state index contributed by atoms with van der Waals surface area (Å²) in [5.41, 5.74) is 7.82. The van der Waals surface area contributed by atoms with Gasteiger partial charge in [-0.15, -0.1) is 4.99 Å². The number of nitrogens with zero attached hydrogens (tertiary/aromatic N) is 3. The van der Waals surface area contributed by atoms with E-state index in [2.05, 4.69) is 46.4 Å². The Hall–Kier alpha value is -3.53. The molecule has 2 aromatic carbocycles. The van der Waals surface area contributed by atoms with E-state index in [4.69, 9.17) is 15.7 Å². The molecule has 0 heterocycles. The highest BCUT2D eigenvalue weighted by molar-refractivity contribution is 5.97. The Morgan fingerprint density at radius 3 is 2.50 bits per heavy atom. The normalized spacial score (nSPS) is 19.8. The van der Waals surface area contributed by atoms with Crippen LogP contribution < -0.4 is 15.8 Å². The summed E-state index contributed by atoms with van der Waals surface area (Å²) in [6.07, 6.45) is 10.0. The summed E-state index contributed by atoms with van der Waals surface area (Å²) in [6.45, 7) is 3.55. The Morgan fingerprint density at radius 1 is 1.14 bits per heavy atom. The van der Waals surface area contributed by atoms with E-state index >= 15 is 0 Å². The molecule has 0 bridgehead atoms. The molecule has 1 saturated carbocycles. The van der Waals surface area contributed by atoms with Crippen LogP contribution in [0.2, 0.25) is 0 Å². The molecule has 7 heteroatoms. The average Bonchev–Trinajstić information content (AvgIpc) is 2.93. The summed E-state index contributed by atoms with van der Waals surface area (Å²) in [7, 11) is 1.58. The SMILES string of the molecule is CCCCCCN(C(N)=NC#N)C1CCC(CNC(=O)c2ccccc2OC)(c2ccccc2)CC1. The van der Waals surface area contributed by atoms with Gasteiger partial charge in [0.05, 0.1) is 12.7 Å². The number of rotatable bonds is 11. The number of benzene rings is 2. The second-order valence-electron chi connectivity index (χ2n) is 9.58. The Kier molecular flexibility index (Phi) is 10.2. The molecule has 7 nitrogen and oxygen atoms in total. The predicted octanol–water partition coefficient (Wildman–Crippen LogP) is 4.98. The summed E-state index contributed by atoms with van der Waals surface area (Å²) in [4.78, 5) is 19.1. The van der Waals surface area contributed by atoms with Crippen molar-refractivity contribution in [1.82, 2.24) is 10.2 Å². The number of hydrogen-bond donors (Lipinski definition) is 2. The van der Waals surface area contributed by atoms with E-state index < -0.39 is 0 Å². The van der Waals surface area contributed by atoms with Gasteiger partial charge in [0.1, 0.15) is 5.75 Å². The first-order valence-corrected chi connectivity index (χ1v) is 13.0. The van der Waals surface area contributed by atoms with Gasteiger partial charge < -0.3 is 20.7 Å². The third-order valence-corrected chi connectivity index (χ3v) is 7.39. The van der Waals surface area contributed by atoms with Crippen LogP contribution in [0.3, 0.4) is 0 Å². The lowest BCUT2D eigenvalue weighted by atomic mass is 9.67. The molecule has 0 radical (unpaired) electrons. The maximum atomic E-state index is 13.1. The van der Waals surface area contributed by atoms with Gasteiger partial charge in [-0.05, 0) is 49.8 Å². The van der Waals surface area contributed by atoms with Crippen LogP contribution in [0.5, 0.6) is 5.75 Å². The third-order valence-electron chi connectivity index (χ3n) is 7.39. The van der Waals surface area contributed by atoms with Crippen LogP contribution in [0.15, 0.2) is 59.6 Å². The van der Waals surface area contributed by atoms with Crippen LogP contribution in [0.4, 0.5) is 0 Å². The van der Waals surface area contributed by atoms with Crippen molar-refractivity contribution < 1.29 is 9.53 Å². The maximum absolute atomic E-state index is 13.1. The van der Waals surface area contributed by atoms with Crippen molar-refractivity contribution in [3.05, 3.63) is 65.7 Å². The standard InChI is InChI=1S/C29H39N5O2/c1-3-4-5-11-20-34(28(31)33-22-30)24-16-18-29(19-17-24,23-12-7-6-8-13-23)21-32-27(35)25-14-9-10-15-26(25)36-2/h6-10,12-15,24H,3-5,11,16-21H2,1-2H3,(H2,31,33)(H,32,35). The number of methoxy groups -OCH3 is 1. The maximum Gasteiger partial charge on any atom is 0.255 e. The van der Waals surface area contributed by atoms with E-state index in [0.717, 1.165) is 45.1 Å². The lowest BCUT2D eigenvalue weighted by molar-refractivity contribution is 0.0926. The minimum absolute atomic E-state index is 0.132. The molecule has 0 aromatic heterocycles. The van der Waals surface area contributed by atoms with Crippen LogP contribution in [0, 0.1) is 11.5 Å². The van der Waals surface area contributed by atoms with E-state index in [9.17, 15) is 4.79 Å². The summed E-state index contributed by atoms with van der Waals surface area (Å²) in [6, 6.07) is 18.0. The smallest absolute Gasteiger partial charge is 0.255 e.